The van der Waals surface area contributed by atoms with Crippen LogP contribution in [0.3, 0.4) is 0 Å². The Balaban J connectivity index is 0.00000240. The van der Waals surface area contributed by atoms with Crippen LogP contribution in [0.25, 0.3) is 0 Å². The van der Waals surface area contributed by atoms with Gasteiger partial charge in [-0.25, -0.2) is 0 Å². The first-order valence-corrected chi connectivity index (χ1v) is 10.5. The normalized spacial score (nSPS) is 25.4. The fourth-order valence-corrected chi connectivity index (χ4v) is 4.99. The highest BCUT2D eigenvalue weighted by atomic mass is 35.5. The van der Waals surface area contributed by atoms with Gasteiger partial charge in [0.2, 0.25) is 0 Å². The van der Waals surface area contributed by atoms with E-state index in [1.807, 2.05) is 17.0 Å². The summed E-state index contributed by atoms with van der Waals surface area (Å²) in [6, 6.07) is 12.2. The second-order valence-electron chi connectivity index (χ2n) is 8.03. The number of amides is 1. The number of carbonyl (C=O) groups excluding carboxylic acids is 1. The lowest BCUT2D eigenvalue weighted by molar-refractivity contribution is 0.0456. The summed E-state index contributed by atoms with van der Waals surface area (Å²) in [5, 5.41) is 0.782. The zero-order valence-electron chi connectivity index (χ0n) is 16.6. The first-order chi connectivity index (χ1) is 13.6. The molecule has 0 atom stereocenters. The monoisotopic (exact) mass is 437 g/mol. The van der Waals surface area contributed by atoms with E-state index in [1.54, 1.807) is 18.4 Å². The topological polar surface area (TPSA) is 62.7 Å². The van der Waals surface area contributed by atoms with E-state index in [-0.39, 0.29) is 23.7 Å². The Hall–Kier alpha value is -1.53. The van der Waals surface area contributed by atoms with Crippen molar-refractivity contribution in [2.75, 3.05) is 32.7 Å². The summed E-state index contributed by atoms with van der Waals surface area (Å²) < 4.78 is 5.25. The zero-order valence-corrected chi connectivity index (χ0v) is 18.1. The highest BCUT2D eigenvalue weighted by Gasteiger charge is 2.38. The number of rotatable bonds is 4. The van der Waals surface area contributed by atoms with Gasteiger partial charge in [0.1, 0.15) is 0 Å². The molecule has 5 nitrogen and oxygen atoms in total. The third-order valence-electron chi connectivity index (χ3n) is 6.59. The maximum atomic E-state index is 12.4. The van der Waals surface area contributed by atoms with Gasteiger partial charge in [0.05, 0.1) is 6.26 Å². The van der Waals surface area contributed by atoms with Crippen molar-refractivity contribution in [2.45, 2.75) is 37.1 Å². The molecule has 0 unspecified atom stereocenters. The Morgan fingerprint density at radius 2 is 1.86 bits per heavy atom. The maximum Gasteiger partial charge on any atom is 0.289 e. The first kappa shape index (κ1) is 22.2. The van der Waals surface area contributed by atoms with E-state index in [4.69, 9.17) is 21.8 Å². The summed E-state index contributed by atoms with van der Waals surface area (Å²) in [6.45, 7) is 4.01. The van der Waals surface area contributed by atoms with Crippen LogP contribution in [0.5, 0.6) is 0 Å². The minimum atomic E-state index is -0.00333. The van der Waals surface area contributed by atoms with Crippen LogP contribution in [-0.4, -0.2) is 54.5 Å². The number of benzene rings is 1. The van der Waals surface area contributed by atoms with Crippen molar-refractivity contribution in [1.82, 2.24) is 9.80 Å². The molecule has 0 radical (unpaired) electrons. The quantitative estimate of drug-likeness (QED) is 0.785. The molecule has 1 aromatic heterocycles. The van der Waals surface area contributed by atoms with Crippen molar-refractivity contribution in [3.63, 3.8) is 0 Å². The molecule has 0 spiro atoms. The van der Waals surface area contributed by atoms with E-state index in [0.717, 1.165) is 56.9 Å². The predicted octanol–water partition coefficient (Wildman–Crippen LogP) is 3.95. The summed E-state index contributed by atoms with van der Waals surface area (Å²) >= 11 is 6.22. The molecule has 1 saturated carbocycles. The Morgan fingerprint density at radius 3 is 2.45 bits per heavy atom. The van der Waals surface area contributed by atoms with Crippen LogP contribution in [0.2, 0.25) is 5.02 Å². The summed E-state index contributed by atoms with van der Waals surface area (Å²) in [7, 11) is 0. The predicted molar refractivity (Wildman–Crippen MR) is 118 cm³/mol. The minimum absolute atomic E-state index is 0. The molecule has 1 aliphatic heterocycles. The van der Waals surface area contributed by atoms with Crippen LogP contribution in [0.1, 0.15) is 41.8 Å². The van der Waals surface area contributed by atoms with Gasteiger partial charge in [-0.05, 0) is 55.5 Å². The highest BCUT2D eigenvalue weighted by molar-refractivity contribution is 6.30. The lowest BCUT2D eigenvalue weighted by Crippen LogP contribution is -2.54. The summed E-state index contributed by atoms with van der Waals surface area (Å²) in [6.07, 6.45) is 5.99. The van der Waals surface area contributed by atoms with E-state index >= 15 is 0 Å². The Bertz CT molecular complexity index is 796. The third-order valence-corrected chi connectivity index (χ3v) is 6.82. The molecule has 2 fully saturated rings. The molecule has 2 heterocycles. The lowest BCUT2D eigenvalue weighted by atomic mass is 9.68. The van der Waals surface area contributed by atoms with Crippen molar-refractivity contribution >= 4 is 29.9 Å². The molecule has 0 bridgehead atoms. The van der Waals surface area contributed by atoms with Gasteiger partial charge >= 0.3 is 0 Å². The van der Waals surface area contributed by atoms with E-state index in [0.29, 0.717) is 18.3 Å². The van der Waals surface area contributed by atoms with Crippen molar-refractivity contribution < 1.29 is 9.21 Å². The van der Waals surface area contributed by atoms with Crippen molar-refractivity contribution in [3.8, 4) is 0 Å². The Morgan fingerprint density at radius 1 is 1.14 bits per heavy atom. The molecule has 1 aliphatic carbocycles. The number of carbonyl (C=O) groups is 1. The van der Waals surface area contributed by atoms with Gasteiger partial charge in [0.25, 0.3) is 5.91 Å². The molecule has 1 aromatic carbocycles. The van der Waals surface area contributed by atoms with Crippen LogP contribution < -0.4 is 5.73 Å². The number of furan rings is 1. The molecule has 1 amide bonds. The highest BCUT2D eigenvalue weighted by Crippen LogP contribution is 2.41. The van der Waals surface area contributed by atoms with Gasteiger partial charge in [0, 0.05) is 49.2 Å². The molecule has 2 aromatic rings. The SMILES string of the molecule is Cl.NC[C@]1(c2cccc(Cl)c2)CC[C@H](N2CCN(C(=O)c3ccco3)CC2)CC1. The largest absolute Gasteiger partial charge is 0.459 e. The average Bonchev–Trinajstić information content (AvgIpc) is 3.28. The molecule has 1 saturated heterocycles. The number of nitrogens with two attached hydrogens (primary N) is 1. The van der Waals surface area contributed by atoms with Gasteiger partial charge in [-0.3, -0.25) is 9.69 Å². The Kier molecular flexibility index (Phi) is 7.28. The summed E-state index contributed by atoms with van der Waals surface area (Å²) in [5.74, 6) is 0.428. The molecule has 158 valence electrons. The molecule has 2 aliphatic rings. The maximum absolute atomic E-state index is 12.4. The lowest BCUT2D eigenvalue weighted by Gasteiger charge is -2.45. The summed E-state index contributed by atoms with van der Waals surface area (Å²) in [5.41, 5.74) is 7.55. The average molecular weight is 438 g/mol. The van der Waals surface area contributed by atoms with Crippen LogP contribution in [0.15, 0.2) is 47.1 Å². The smallest absolute Gasteiger partial charge is 0.289 e. The van der Waals surface area contributed by atoms with Crippen LogP contribution in [-0.2, 0) is 5.41 Å². The third kappa shape index (κ3) is 4.64. The van der Waals surface area contributed by atoms with E-state index in [1.165, 1.54) is 5.56 Å². The standard InChI is InChI=1S/C22H28ClN3O2.ClH/c23-18-4-1-3-17(15-18)22(16-24)8-6-19(7-9-22)25-10-12-26(13-11-25)21(27)20-5-2-14-28-20;/h1-5,14-15,19H,6-13,16,24H2;1H/t19-,22-;. The van der Waals surface area contributed by atoms with Crippen molar-refractivity contribution in [3.05, 3.63) is 59.0 Å². The van der Waals surface area contributed by atoms with Crippen LogP contribution in [0, 0.1) is 0 Å². The van der Waals surface area contributed by atoms with Gasteiger partial charge < -0.3 is 15.1 Å². The van der Waals surface area contributed by atoms with E-state index in [2.05, 4.69) is 17.0 Å². The van der Waals surface area contributed by atoms with Gasteiger partial charge in [-0.15, -0.1) is 12.4 Å². The molecular weight excluding hydrogens is 409 g/mol. The number of hydrogen-bond acceptors (Lipinski definition) is 4. The van der Waals surface area contributed by atoms with Gasteiger partial charge in [-0.1, -0.05) is 23.7 Å². The number of nitrogens with zero attached hydrogens (tertiary/aromatic N) is 2. The fourth-order valence-electron chi connectivity index (χ4n) is 4.80. The van der Waals surface area contributed by atoms with E-state index in [9.17, 15) is 4.79 Å². The zero-order chi connectivity index (χ0) is 19.6. The van der Waals surface area contributed by atoms with Crippen LogP contribution >= 0.6 is 24.0 Å². The van der Waals surface area contributed by atoms with Gasteiger partial charge in [0.15, 0.2) is 5.76 Å². The summed E-state index contributed by atoms with van der Waals surface area (Å²) in [4.78, 5) is 16.9. The Labute approximate surface area is 183 Å². The minimum Gasteiger partial charge on any atom is -0.459 e. The number of hydrogen-bond donors (Lipinski definition) is 1. The number of halogens is 2. The van der Waals surface area contributed by atoms with E-state index < -0.39 is 0 Å². The van der Waals surface area contributed by atoms with Crippen molar-refractivity contribution in [2.24, 2.45) is 5.73 Å². The number of piperazine rings is 1. The molecule has 7 heteroatoms. The molecule has 4 rings (SSSR count). The second kappa shape index (κ2) is 9.52. The fraction of sp³-hybridized carbons (Fsp3) is 0.500. The molecule has 2 N–H and O–H groups in total. The molecular formula is C22H29Cl2N3O2. The second-order valence-corrected chi connectivity index (χ2v) is 8.47. The first-order valence-electron chi connectivity index (χ1n) is 10.1. The van der Waals surface area contributed by atoms with Crippen molar-refractivity contribution in [1.29, 1.82) is 0 Å². The van der Waals surface area contributed by atoms with Crippen LogP contribution in [0.4, 0.5) is 0 Å². The van der Waals surface area contributed by atoms with Gasteiger partial charge in [-0.2, -0.15) is 0 Å². The molecule has 29 heavy (non-hydrogen) atoms.